The van der Waals surface area contributed by atoms with Crippen molar-refractivity contribution in [1.29, 1.82) is 0 Å². The molecular weight excluding hydrogens is 378 g/mol. The zero-order chi connectivity index (χ0) is 20.8. The van der Waals surface area contributed by atoms with Crippen molar-refractivity contribution in [1.82, 2.24) is 4.98 Å². The highest BCUT2D eigenvalue weighted by Crippen LogP contribution is 2.28. The van der Waals surface area contributed by atoms with Gasteiger partial charge in [0.25, 0.3) is 0 Å². The number of fused-ring (bicyclic) bond motifs is 1. The second kappa shape index (κ2) is 9.22. The Morgan fingerprint density at radius 3 is 2.70 bits per heavy atom. The fraction of sp³-hybridized carbons (Fsp3) is 0.208. The van der Waals surface area contributed by atoms with E-state index in [1.165, 1.54) is 5.56 Å². The van der Waals surface area contributed by atoms with Crippen molar-refractivity contribution in [2.75, 3.05) is 16.8 Å². The second-order valence-electron chi connectivity index (χ2n) is 7.14. The van der Waals surface area contributed by atoms with Crippen molar-refractivity contribution >= 4 is 23.2 Å². The molecule has 0 saturated carbocycles. The molecule has 0 unspecified atom stereocenters. The lowest BCUT2D eigenvalue weighted by Gasteiger charge is -2.29. The lowest BCUT2D eigenvalue weighted by Crippen LogP contribution is -2.36. The van der Waals surface area contributed by atoms with E-state index in [1.807, 2.05) is 36.4 Å². The number of carbonyl (C=O) groups excluding carboxylic acids is 2. The second-order valence-corrected chi connectivity index (χ2v) is 7.14. The molecule has 1 aromatic heterocycles. The Hall–Kier alpha value is -3.67. The molecule has 3 aromatic rings. The van der Waals surface area contributed by atoms with Gasteiger partial charge in [0.1, 0.15) is 11.5 Å². The van der Waals surface area contributed by atoms with Crippen LogP contribution in [0.4, 0.5) is 11.4 Å². The Morgan fingerprint density at radius 2 is 1.83 bits per heavy atom. The number of hydrogen-bond acceptors (Lipinski definition) is 4. The standard InChI is InChI=1S/C24H23N3O3/c28-23(9-4-16-27-22-8-2-1-5-18(22)10-11-24(27)29)26-19-6-3-7-21(17-19)30-20-12-14-25-15-13-20/h1-3,5-8,12-15,17H,4,9-11,16H2,(H,26,28). The van der Waals surface area contributed by atoms with Crippen LogP contribution in [0.15, 0.2) is 73.1 Å². The molecule has 30 heavy (non-hydrogen) atoms. The summed E-state index contributed by atoms with van der Waals surface area (Å²) in [6.45, 7) is 0.536. The van der Waals surface area contributed by atoms with Gasteiger partial charge in [-0.15, -0.1) is 0 Å². The lowest BCUT2D eigenvalue weighted by molar-refractivity contribution is -0.119. The molecule has 1 aliphatic rings. The summed E-state index contributed by atoms with van der Waals surface area (Å²) < 4.78 is 5.77. The molecule has 6 heteroatoms. The van der Waals surface area contributed by atoms with E-state index in [4.69, 9.17) is 4.74 Å². The quantitative estimate of drug-likeness (QED) is 0.629. The fourth-order valence-electron chi connectivity index (χ4n) is 3.54. The third kappa shape index (κ3) is 4.84. The molecule has 0 bridgehead atoms. The number of benzene rings is 2. The number of nitrogens with zero attached hydrogens (tertiary/aromatic N) is 2. The first-order valence-corrected chi connectivity index (χ1v) is 10.0. The van der Waals surface area contributed by atoms with Crippen molar-refractivity contribution in [3.05, 3.63) is 78.6 Å². The summed E-state index contributed by atoms with van der Waals surface area (Å²) in [4.78, 5) is 30.5. The van der Waals surface area contributed by atoms with Crippen LogP contribution in [0.2, 0.25) is 0 Å². The molecule has 0 aliphatic carbocycles. The smallest absolute Gasteiger partial charge is 0.227 e. The van der Waals surface area contributed by atoms with Crippen molar-refractivity contribution in [2.45, 2.75) is 25.7 Å². The van der Waals surface area contributed by atoms with Crippen molar-refractivity contribution in [3.8, 4) is 11.5 Å². The van der Waals surface area contributed by atoms with E-state index in [9.17, 15) is 9.59 Å². The van der Waals surface area contributed by atoms with E-state index < -0.39 is 0 Å². The number of pyridine rings is 1. The van der Waals surface area contributed by atoms with Gasteiger partial charge in [0, 0.05) is 49.2 Å². The summed E-state index contributed by atoms with van der Waals surface area (Å²) in [5.41, 5.74) is 2.83. The summed E-state index contributed by atoms with van der Waals surface area (Å²) in [6, 6.07) is 18.8. The minimum atomic E-state index is -0.0891. The molecule has 2 amide bonds. The Balaban J connectivity index is 1.30. The SMILES string of the molecule is O=C(CCCN1C(=O)CCc2ccccc21)Nc1cccc(Oc2ccncc2)c1. The van der Waals surface area contributed by atoms with Gasteiger partial charge >= 0.3 is 0 Å². The first-order chi connectivity index (χ1) is 14.7. The van der Waals surface area contributed by atoms with Gasteiger partial charge in [0.2, 0.25) is 11.8 Å². The topological polar surface area (TPSA) is 71.5 Å². The van der Waals surface area contributed by atoms with E-state index in [2.05, 4.69) is 16.4 Å². The Bertz CT molecular complexity index is 1040. The van der Waals surface area contributed by atoms with Crippen LogP contribution in [0.3, 0.4) is 0 Å². The third-order valence-corrected chi connectivity index (χ3v) is 4.98. The Labute approximate surface area is 175 Å². The van der Waals surface area contributed by atoms with E-state index in [-0.39, 0.29) is 11.8 Å². The molecule has 0 spiro atoms. The van der Waals surface area contributed by atoms with Crippen LogP contribution in [0.1, 0.15) is 24.8 Å². The van der Waals surface area contributed by atoms with Crippen LogP contribution in [0, 0.1) is 0 Å². The highest BCUT2D eigenvalue weighted by Gasteiger charge is 2.23. The van der Waals surface area contributed by atoms with Crippen LogP contribution < -0.4 is 15.0 Å². The van der Waals surface area contributed by atoms with Gasteiger partial charge in [-0.05, 0) is 48.7 Å². The molecule has 2 aromatic carbocycles. The Kier molecular flexibility index (Phi) is 6.03. The summed E-state index contributed by atoms with van der Waals surface area (Å²) in [7, 11) is 0. The van der Waals surface area contributed by atoms with Gasteiger partial charge < -0.3 is 15.0 Å². The highest BCUT2D eigenvalue weighted by atomic mass is 16.5. The third-order valence-electron chi connectivity index (χ3n) is 4.98. The highest BCUT2D eigenvalue weighted by molar-refractivity contribution is 5.96. The average Bonchev–Trinajstić information content (AvgIpc) is 2.76. The predicted molar refractivity (Wildman–Crippen MR) is 116 cm³/mol. The number of aromatic nitrogens is 1. The molecule has 4 rings (SSSR count). The van der Waals surface area contributed by atoms with Crippen LogP contribution in [0.5, 0.6) is 11.5 Å². The molecule has 2 heterocycles. The number of para-hydroxylation sites is 1. The summed E-state index contributed by atoms with van der Waals surface area (Å²) in [5, 5.41) is 2.90. The van der Waals surface area contributed by atoms with Gasteiger partial charge in [-0.2, -0.15) is 0 Å². The minimum Gasteiger partial charge on any atom is -0.457 e. The van der Waals surface area contributed by atoms with Crippen molar-refractivity contribution in [3.63, 3.8) is 0 Å². The monoisotopic (exact) mass is 401 g/mol. The molecule has 0 fully saturated rings. The number of amides is 2. The number of anilines is 2. The molecule has 1 N–H and O–H groups in total. The molecule has 1 aliphatic heterocycles. The van der Waals surface area contributed by atoms with Crippen LogP contribution >= 0.6 is 0 Å². The number of aryl methyl sites for hydroxylation is 1. The Morgan fingerprint density at radius 1 is 1.00 bits per heavy atom. The predicted octanol–water partition coefficient (Wildman–Crippen LogP) is 4.57. The van der Waals surface area contributed by atoms with Gasteiger partial charge in [0.05, 0.1) is 0 Å². The van der Waals surface area contributed by atoms with Gasteiger partial charge in [-0.1, -0.05) is 24.3 Å². The number of ether oxygens (including phenoxy) is 1. The average molecular weight is 401 g/mol. The maximum atomic E-state index is 12.4. The van der Waals surface area contributed by atoms with Crippen molar-refractivity contribution < 1.29 is 14.3 Å². The number of nitrogens with one attached hydrogen (secondary N) is 1. The van der Waals surface area contributed by atoms with Gasteiger partial charge in [-0.25, -0.2) is 0 Å². The summed E-state index contributed by atoms with van der Waals surface area (Å²) >= 11 is 0. The van der Waals surface area contributed by atoms with E-state index in [0.717, 1.165) is 12.1 Å². The molecule has 0 atom stereocenters. The number of rotatable bonds is 7. The summed E-state index contributed by atoms with van der Waals surface area (Å²) in [6.07, 6.45) is 5.55. The first-order valence-electron chi connectivity index (χ1n) is 10.0. The maximum absolute atomic E-state index is 12.4. The largest absolute Gasteiger partial charge is 0.457 e. The zero-order valence-corrected chi connectivity index (χ0v) is 16.6. The molecule has 0 saturated heterocycles. The maximum Gasteiger partial charge on any atom is 0.227 e. The molecular formula is C24H23N3O3. The number of carbonyl (C=O) groups is 2. The van der Waals surface area contributed by atoms with E-state index in [1.54, 1.807) is 35.5 Å². The van der Waals surface area contributed by atoms with Crippen LogP contribution in [-0.2, 0) is 16.0 Å². The van der Waals surface area contributed by atoms with Crippen molar-refractivity contribution in [2.24, 2.45) is 0 Å². The number of hydrogen-bond donors (Lipinski definition) is 1. The molecule has 0 radical (unpaired) electrons. The lowest BCUT2D eigenvalue weighted by atomic mass is 10.0. The minimum absolute atomic E-state index is 0.0891. The van der Waals surface area contributed by atoms with E-state index >= 15 is 0 Å². The normalized spacial score (nSPS) is 12.9. The van der Waals surface area contributed by atoms with Gasteiger partial charge in [-0.3, -0.25) is 14.6 Å². The fourth-order valence-corrected chi connectivity index (χ4v) is 3.54. The molecule has 6 nitrogen and oxygen atoms in total. The van der Waals surface area contributed by atoms with Crippen LogP contribution in [0.25, 0.3) is 0 Å². The van der Waals surface area contributed by atoms with Gasteiger partial charge in [0.15, 0.2) is 0 Å². The summed E-state index contributed by atoms with van der Waals surface area (Å²) in [5.74, 6) is 1.35. The first kappa shape index (κ1) is 19.6. The van der Waals surface area contributed by atoms with E-state index in [0.29, 0.717) is 43.0 Å². The molecule has 152 valence electrons. The van der Waals surface area contributed by atoms with Crippen LogP contribution in [-0.4, -0.2) is 23.3 Å². The zero-order valence-electron chi connectivity index (χ0n) is 16.6.